The second kappa shape index (κ2) is 8.01. The molecule has 1 aliphatic heterocycles. The predicted molar refractivity (Wildman–Crippen MR) is 99.0 cm³/mol. The Kier molecular flexibility index (Phi) is 5.73. The summed E-state index contributed by atoms with van der Waals surface area (Å²) in [5.74, 6) is -0.473. The summed E-state index contributed by atoms with van der Waals surface area (Å²) in [5.41, 5.74) is 0.599. The fourth-order valence-corrected chi connectivity index (χ4v) is 4.33. The van der Waals surface area contributed by atoms with Gasteiger partial charge in [-0.25, -0.2) is 9.18 Å². The van der Waals surface area contributed by atoms with E-state index in [2.05, 4.69) is 5.32 Å². The van der Waals surface area contributed by atoms with Gasteiger partial charge in [0.1, 0.15) is 5.82 Å². The van der Waals surface area contributed by atoms with Gasteiger partial charge in [-0.05, 0) is 19.1 Å². The summed E-state index contributed by atoms with van der Waals surface area (Å²) in [7, 11) is 1.53. The van der Waals surface area contributed by atoms with Gasteiger partial charge in [0.15, 0.2) is 0 Å². The van der Waals surface area contributed by atoms with Crippen molar-refractivity contribution in [1.82, 2.24) is 15.1 Å². The van der Waals surface area contributed by atoms with Crippen LogP contribution in [0.25, 0.3) is 10.1 Å². The van der Waals surface area contributed by atoms with Crippen LogP contribution in [0.1, 0.15) is 22.2 Å². The van der Waals surface area contributed by atoms with E-state index in [1.807, 2.05) is 13.0 Å². The van der Waals surface area contributed by atoms with E-state index in [0.717, 1.165) is 4.70 Å². The third-order valence-corrected chi connectivity index (χ3v) is 5.61. The molecule has 0 atom stereocenters. The molecule has 0 radical (unpaired) electrons. The van der Waals surface area contributed by atoms with Crippen LogP contribution >= 0.6 is 11.3 Å². The molecule has 1 aromatic heterocycles. The first-order chi connectivity index (χ1) is 12.6. The standard InChI is InChI=1S/C18H22FN3O3S/c1-3-20-18(24)22-9-7-21(8-10-22)17(23)16-12(11-25-2)15-13(19)5-4-6-14(15)26-16/h4-6H,3,7-11H2,1-2H3,(H,20,24). The maximum absolute atomic E-state index is 14.3. The number of thiophene rings is 1. The van der Waals surface area contributed by atoms with Crippen molar-refractivity contribution in [2.75, 3.05) is 39.8 Å². The Bertz CT molecular complexity index is 815. The Hall–Kier alpha value is -2.19. The zero-order chi connectivity index (χ0) is 18.7. The molecule has 2 heterocycles. The van der Waals surface area contributed by atoms with Crippen LogP contribution in [0.5, 0.6) is 0 Å². The first kappa shape index (κ1) is 18.6. The maximum atomic E-state index is 14.3. The lowest BCUT2D eigenvalue weighted by molar-refractivity contribution is 0.0666. The van der Waals surface area contributed by atoms with Gasteiger partial charge in [-0.15, -0.1) is 11.3 Å². The normalized spacial score (nSPS) is 14.7. The zero-order valence-corrected chi connectivity index (χ0v) is 15.7. The van der Waals surface area contributed by atoms with Crippen LogP contribution in [0, 0.1) is 5.82 Å². The highest BCUT2D eigenvalue weighted by molar-refractivity contribution is 7.21. The predicted octanol–water partition coefficient (Wildman–Crippen LogP) is 2.67. The highest BCUT2D eigenvalue weighted by Gasteiger charge is 2.28. The van der Waals surface area contributed by atoms with Crippen molar-refractivity contribution in [2.45, 2.75) is 13.5 Å². The second-order valence-electron chi connectivity index (χ2n) is 6.07. The molecular weight excluding hydrogens is 357 g/mol. The summed E-state index contributed by atoms with van der Waals surface area (Å²) < 4.78 is 20.2. The molecule has 3 amide bonds. The van der Waals surface area contributed by atoms with Gasteiger partial charge >= 0.3 is 6.03 Å². The van der Waals surface area contributed by atoms with Crippen LogP contribution in [0.3, 0.4) is 0 Å². The minimum absolute atomic E-state index is 0.108. The van der Waals surface area contributed by atoms with Gasteiger partial charge in [0.25, 0.3) is 5.91 Å². The Morgan fingerprint density at radius 1 is 1.23 bits per heavy atom. The lowest BCUT2D eigenvalue weighted by Crippen LogP contribution is -2.53. The zero-order valence-electron chi connectivity index (χ0n) is 14.9. The Morgan fingerprint density at radius 3 is 2.58 bits per heavy atom. The van der Waals surface area contributed by atoms with E-state index in [9.17, 15) is 14.0 Å². The number of fused-ring (bicyclic) bond motifs is 1. The van der Waals surface area contributed by atoms with Crippen molar-refractivity contribution in [3.63, 3.8) is 0 Å². The lowest BCUT2D eigenvalue weighted by Gasteiger charge is -2.34. The van der Waals surface area contributed by atoms with E-state index in [1.165, 1.54) is 24.5 Å². The van der Waals surface area contributed by atoms with Crippen LogP contribution in [-0.2, 0) is 11.3 Å². The van der Waals surface area contributed by atoms with Crippen molar-refractivity contribution in [3.8, 4) is 0 Å². The third kappa shape index (κ3) is 3.52. The molecule has 1 saturated heterocycles. The summed E-state index contributed by atoms with van der Waals surface area (Å²) in [6, 6.07) is 4.74. The summed E-state index contributed by atoms with van der Waals surface area (Å²) in [6.45, 7) is 4.51. The van der Waals surface area contributed by atoms with Crippen molar-refractivity contribution >= 4 is 33.4 Å². The number of nitrogens with zero attached hydrogens (tertiary/aromatic N) is 2. The first-order valence-electron chi connectivity index (χ1n) is 8.57. The van der Waals surface area contributed by atoms with Gasteiger partial charge in [0.05, 0.1) is 11.5 Å². The van der Waals surface area contributed by atoms with E-state index >= 15 is 0 Å². The Balaban J connectivity index is 1.81. The summed E-state index contributed by atoms with van der Waals surface area (Å²) >= 11 is 1.29. The van der Waals surface area contributed by atoms with Crippen molar-refractivity contribution in [2.24, 2.45) is 0 Å². The minimum atomic E-state index is -0.342. The third-order valence-electron chi connectivity index (χ3n) is 4.43. The molecule has 1 N–H and O–H groups in total. The molecule has 1 aliphatic rings. The number of nitrogens with one attached hydrogen (secondary N) is 1. The average Bonchev–Trinajstić information content (AvgIpc) is 3.02. The van der Waals surface area contributed by atoms with Gasteiger partial charge < -0.3 is 19.9 Å². The second-order valence-corrected chi connectivity index (χ2v) is 7.12. The van der Waals surface area contributed by atoms with Crippen LogP contribution < -0.4 is 5.32 Å². The molecule has 0 bridgehead atoms. The first-order valence-corrected chi connectivity index (χ1v) is 9.39. The number of carbonyl (C=O) groups is 2. The van der Waals surface area contributed by atoms with Crippen LogP contribution in [0.2, 0.25) is 0 Å². The van der Waals surface area contributed by atoms with Gasteiger partial charge in [-0.1, -0.05) is 6.07 Å². The van der Waals surface area contributed by atoms with Crippen LogP contribution in [-0.4, -0.2) is 61.6 Å². The summed E-state index contributed by atoms with van der Waals surface area (Å²) in [4.78, 5) is 28.8. The highest BCUT2D eigenvalue weighted by atomic mass is 32.1. The fourth-order valence-electron chi connectivity index (χ4n) is 3.14. The molecule has 8 heteroatoms. The van der Waals surface area contributed by atoms with E-state index in [-0.39, 0.29) is 24.4 Å². The number of urea groups is 1. The van der Waals surface area contributed by atoms with Gasteiger partial charge in [0.2, 0.25) is 0 Å². The fraction of sp³-hybridized carbons (Fsp3) is 0.444. The molecule has 0 saturated carbocycles. The van der Waals surface area contributed by atoms with Gasteiger partial charge in [0, 0.05) is 55.5 Å². The van der Waals surface area contributed by atoms with E-state index in [4.69, 9.17) is 4.74 Å². The number of hydrogen-bond donors (Lipinski definition) is 1. The Labute approximate surface area is 155 Å². The molecule has 6 nitrogen and oxygen atoms in total. The lowest BCUT2D eigenvalue weighted by atomic mass is 10.1. The van der Waals surface area contributed by atoms with Crippen LogP contribution in [0.15, 0.2) is 18.2 Å². The number of benzene rings is 1. The minimum Gasteiger partial charge on any atom is -0.380 e. The molecule has 26 heavy (non-hydrogen) atoms. The molecule has 1 aromatic carbocycles. The van der Waals surface area contributed by atoms with Crippen molar-refractivity contribution < 1.29 is 18.7 Å². The quantitative estimate of drug-likeness (QED) is 0.888. The number of methoxy groups -OCH3 is 1. The van der Waals surface area contributed by atoms with Gasteiger partial charge in [-0.2, -0.15) is 0 Å². The van der Waals surface area contributed by atoms with E-state index in [1.54, 1.807) is 15.9 Å². The molecule has 0 spiro atoms. The molecule has 140 valence electrons. The molecule has 0 unspecified atom stereocenters. The van der Waals surface area contributed by atoms with Crippen LogP contribution in [0.4, 0.5) is 9.18 Å². The Morgan fingerprint density at radius 2 is 1.92 bits per heavy atom. The number of carbonyl (C=O) groups excluding carboxylic acids is 2. The maximum Gasteiger partial charge on any atom is 0.317 e. The molecule has 0 aliphatic carbocycles. The number of piperazine rings is 1. The number of halogens is 1. The monoisotopic (exact) mass is 379 g/mol. The molecule has 2 aromatic rings. The van der Waals surface area contributed by atoms with Crippen molar-refractivity contribution in [1.29, 1.82) is 0 Å². The van der Waals surface area contributed by atoms with Gasteiger partial charge in [-0.3, -0.25) is 4.79 Å². The summed E-state index contributed by atoms with van der Waals surface area (Å²) in [6.07, 6.45) is 0. The van der Waals surface area contributed by atoms with E-state index in [0.29, 0.717) is 48.6 Å². The van der Waals surface area contributed by atoms with E-state index < -0.39 is 0 Å². The SMILES string of the molecule is CCNC(=O)N1CCN(C(=O)c2sc3cccc(F)c3c2COC)CC1. The molecule has 3 rings (SSSR count). The topological polar surface area (TPSA) is 61.9 Å². The smallest absolute Gasteiger partial charge is 0.317 e. The number of ether oxygens (including phenoxy) is 1. The van der Waals surface area contributed by atoms with Crippen molar-refractivity contribution in [3.05, 3.63) is 34.5 Å². The number of rotatable bonds is 4. The highest BCUT2D eigenvalue weighted by Crippen LogP contribution is 2.34. The number of hydrogen-bond acceptors (Lipinski definition) is 4. The average molecular weight is 379 g/mol. The largest absolute Gasteiger partial charge is 0.380 e. The molecular formula is C18H22FN3O3S. The summed E-state index contributed by atoms with van der Waals surface area (Å²) in [5, 5.41) is 3.23. The molecule has 1 fully saturated rings. The number of amides is 3.